The van der Waals surface area contributed by atoms with E-state index in [4.69, 9.17) is 21.1 Å². The molecule has 8 nitrogen and oxygen atoms in total. The molecule has 1 N–H and O–H groups in total. The van der Waals surface area contributed by atoms with E-state index in [-0.39, 0.29) is 10.8 Å². The number of hydrogen-bond donors (Lipinski definition) is 1. The molecular weight excluding hydrogens is 494 g/mol. The van der Waals surface area contributed by atoms with Gasteiger partial charge in [-0.2, -0.15) is 4.31 Å². The fraction of sp³-hybridized carbons (Fsp3) is 0.300. The minimum atomic E-state index is -3.79. The second kappa shape index (κ2) is 9.36. The number of methoxy groups -OCH3 is 2. The van der Waals surface area contributed by atoms with E-state index in [0.717, 1.165) is 16.9 Å². The maximum absolute atomic E-state index is 13.0. The van der Waals surface area contributed by atoms with Gasteiger partial charge in [-0.25, -0.2) is 13.4 Å². The van der Waals surface area contributed by atoms with Crippen LogP contribution in [0.2, 0.25) is 4.34 Å². The molecule has 1 fully saturated rings. The van der Waals surface area contributed by atoms with Crippen molar-refractivity contribution < 1.29 is 22.7 Å². The van der Waals surface area contributed by atoms with E-state index in [1.807, 2.05) is 11.4 Å². The number of ether oxygens (including phenoxy) is 2. The first-order valence-electron chi connectivity index (χ1n) is 9.59. The number of amides is 1. The Bertz CT molecular complexity index is 1240. The molecule has 1 unspecified atom stereocenters. The largest absolute Gasteiger partial charge is 0.493 e. The summed E-state index contributed by atoms with van der Waals surface area (Å²) in [6.45, 7) is 0.282. The minimum Gasteiger partial charge on any atom is -0.493 e. The first kappa shape index (κ1) is 23.0. The Labute approximate surface area is 198 Å². The van der Waals surface area contributed by atoms with Crippen LogP contribution in [-0.4, -0.2) is 50.4 Å². The Hall–Kier alpha value is -2.18. The van der Waals surface area contributed by atoms with E-state index < -0.39 is 22.0 Å². The van der Waals surface area contributed by atoms with E-state index in [2.05, 4.69) is 10.3 Å². The predicted molar refractivity (Wildman–Crippen MR) is 126 cm³/mol. The minimum absolute atomic E-state index is 0.132. The van der Waals surface area contributed by atoms with E-state index in [9.17, 15) is 13.2 Å². The van der Waals surface area contributed by atoms with E-state index in [1.54, 1.807) is 26.4 Å². The molecule has 0 saturated carbocycles. The number of hydrogen-bond acceptors (Lipinski definition) is 8. The number of carbonyl (C=O) groups is 1. The zero-order chi connectivity index (χ0) is 22.9. The number of anilines is 1. The van der Waals surface area contributed by atoms with Gasteiger partial charge in [0, 0.05) is 17.5 Å². The van der Waals surface area contributed by atoms with Crippen molar-refractivity contribution in [2.24, 2.45) is 0 Å². The monoisotopic (exact) mass is 513 g/mol. The Morgan fingerprint density at radius 1 is 1.22 bits per heavy atom. The highest BCUT2D eigenvalue weighted by Gasteiger charge is 2.40. The van der Waals surface area contributed by atoms with E-state index >= 15 is 0 Å². The summed E-state index contributed by atoms with van der Waals surface area (Å²) in [7, 11) is -0.674. The first-order chi connectivity index (χ1) is 15.3. The molecule has 0 bridgehead atoms. The summed E-state index contributed by atoms with van der Waals surface area (Å²) in [6.07, 6.45) is 1.04. The van der Waals surface area contributed by atoms with Crippen molar-refractivity contribution in [3.63, 3.8) is 0 Å². The zero-order valence-electron chi connectivity index (χ0n) is 17.2. The lowest BCUT2D eigenvalue weighted by atomic mass is 10.1. The zero-order valence-corrected chi connectivity index (χ0v) is 20.4. The van der Waals surface area contributed by atoms with Gasteiger partial charge in [0.15, 0.2) is 16.6 Å². The van der Waals surface area contributed by atoms with Crippen molar-refractivity contribution in [3.05, 3.63) is 40.0 Å². The van der Waals surface area contributed by atoms with Gasteiger partial charge in [0.1, 0.15) is 10.3 Å². The second-order valence-corrected chi connectivity index (χ2v) is 11.6. The second-order valence-electron chi connectivity index (χ2n) is 6.93. The van der Waals surface area contributed by atoms with Crippen LogP contribution >= 0.6 is 34.3 Å². The van der Waals surface area contributed by atoms with Crippen LogP contribution in [-0.2, 0) is 14.8 Å². The highest BCUT2D eigenvalue weighted by molar-refractivity contribution is 7.91. The summed E-state index contributed by atoms with van der Waals surface area (Å²) in [5.41, 5.74) is 1.47. The van der Waals surface area contributed by atoms with Gasteiger partial charge in [0.2, 0.25) is 5.91 Å². The smallest absolute Gasteiger partial charge is 0.253 e. The standard InChI is InChI=1S/C20H20ClN3O5S3/c1-28-15-6-5-12(10-16(15)29-2)13-11-30-20(22-13)23-19(25)14-4-3-9-24(14)32(26,27)18-8-7-17(21)31-18/h5-8,10-11,14H,3-4,9H2,1-2H3,(H,22,23,25). The molecule has 0 radical (unpaired) electrons. The quantitative estimate of drug-likeness (QED) is 0.505. The molecule has 32 heavy (non-hydrogen) atoms. The Morgan fingerprint density at radius 2 is 2.00 bits per heavy atom. The van der Waals surface area contributed by atoms with Gasteiger partial charge in [0.05, 0.1) is 24.2 Å². The van der Waals surface area contributed by atoms with E-state index in [1.165, 1.54) is 27.8 Å². The normalized spacial score (nSPS) is 16.8. The fourth-order valence-corrected chi connectivity index (χ4v) is 7.48. The maximum Gasteiger partial charge on any atom is 0.253 e. The SMILES string of the molecule is COc1ccc(-c2csc(NC(=O)C3CCCN3S(=O)(=O)c3ccc(Cl)s3)n2)cc1OC. The lowest BCUT2D eigenvalue weighted by Crippen LogP contribution is -2.42. The van der Waals surface area contributed by atoms with Crippen LogP contribution in [0.1, 0.15) is 12.8 Å². The number of halogens is 1. The summed E-state index contributed by atoms with van der Waals surface area (Å²) in [5, 5.41) is 4.97. The summed E-state index contributed by atoms with van der Waals surface area (Å²) >= 11 is 8.15. The molecule has 0 spiro atoms. The highest BCUT2D eigenvalue weighted by atomic mass is 35.5. The summed E-state index contributed by atoms with van der Waals surface area (Å²) in [5.74, 6) is 0.778. The van der Waals surface area contributed by atoms with E-state index in [0.29, 0.717) is 39.5 Å². The molecule has 12 heteroatoms. The number of nitrogens with one attached hydrogen (secondary N) is 1. The van der Waals surface area contributed by atoms with Crippen LogP contribution < -0.4 is 14.8 Å². The molecule has 1 aromatic carbocycles. The molecule has 1 atom stereocenters. The summed E-state index contributed by atoms with van der Waals surface area (Å²) in [4.78, 5) is 17.4. The van der Waals surface area contributed by atoms with Crippen molar-refractivity contribution in [1.82, 2.24) is 9.29 Å². The van der Waals surface area contributed by atoms with Gasteiger partial charge < -0.3 is 14.8 Å². The van der Waals surface area contributed by atoms with Gasteiger partial charge in [-0.3, -0.25) is 4.79 Å². The molecule has 170 valence electrons. The van der Waals surface area contributed by atoms with Gasteiger partial charge in [-0.1, -0.05) is 11.6 Å². The number of sulfonamides is 1. The molecular formula is C20H20ClN3O5S3. The fourth-order valence-electron chi connectivity index (χ4n) is 3.49. The third-order valence-corrected chi connectivity index (χ3v) is 9.40. The molecule has 0 aliphatic carbocycles. The van der Waals surface area contributed by atoms with Crippen molar-refractivity contribution in [1.29, 1.82) is 0 Å². The van der Waals surface area contributed by atoms with Crippen molar-refractivity contribution in [3.8, 4) is 22.8 Å². The van der Waals surface area contributed by atoms with Gasteiger partial charge >= 0.3 is 0 Å². The topological polar surface area (TPSA) is 97.8 Å². The van der Waals surface area contributed by atoms with Crippen LogP contribution in [0.25, 0.3) is 11.3 Å². The van der Waals surface area contributed by atoms with Crippen molar-refractivity contribution in [2.75, 3.05) is 26.1 Å². The average molecular weight is 514 g/mol. The molecule has 1 saturated heterocycles. The van der Waals surface area contributed by atoms with Crippen molar-refractivity contribution in [2.45, 2.75) is 23.1 Å². The molecule has 1 aliphatic rings. The third-order valence-electron chi connectivity index (χ3n) is 5.03. The lowest BCUT2D eigenvalue weighted by molar-refractivity contribution is -0.119. The first-order valence-corrected chi connectivity index (χ1v) is 13.1. The molecule has 4 rings (SSSR count). The molecule has 1 aliphatic heterocycles. The third kappa shape index (κ3) is 4.48. The van der Waals surface area contributed by atoms with Crippen molar-refractivity contribution >= 4 is 55.3 Å². The number of thiazole rings is 1. The summed E-state index contributed by atoms with van der Waals surface area (Å²) < 4.78 is 38.3. The number of nitrogens with zero attached hydrogens (tertiary/aromatic N) is 2. The Morgan fingerprint density at radius 3 is 2.69 bits per heavy atom. The van der Waals surface area contributed by atoms with Crippen LogP contribution in [0, 0.1) is 0 Å². The number of thiophene rings is 1. The van der Waals surface area contributed by atoms with Crippen LogP contribution in [0.15, 0.2) is 39.9 Å². The number of rotatable bonds is 7. The Kier molecular flexibility index (Phi) is 6.72. The Balaban J connectivity index is 1.50. The van der Waals surface area contributed by atoms with Crippen LogP contribution in [0.3, 0.4) is 0 Å². The van der Waals surface area contributed by atoms with Gasteiger partial charge in [0.25, 0.3) is 10.0 Å². The number of benzene rings is 1. The van der Waals surface area contributed by atoms with Gasteiger partial charge in [-0.15, -0.1) is 22.7 Å². The predicted octanol–water partition coefficient (Wildman–Crippen LogP) is 4.33. The number of aromatic nitrogens is 1. The lowest BCUT2D eigenvalue weighted by Gasteiger charge is -2.22. The molecule has 2 aromatic heterocycles. The average Bonchev–Trinajstić information content (AvgIpc) is 3.54. The summed E-state index contributed by atoms with van der Waals surface area (Å²) in [6, 6.07) is 7.64. The molecule has 3 heterocycles. The molecule has 3 aromatic rings. The highest BCUT2D eigenvalue weighted by Crippen LogP contribution is 2.35. The van der Waals surface area contributed by atoms with Gasteiger partial charge in [-0.05, 0) is 43.2 Å². The molecule has 1 amide bonds. The number of carbonyl (C=O) groups excluding carboxylic acids is 1. The maximum atomic E-state index is 13.0. The van der Waals surface area contributed by atoms with Crippen LogP contribution in [0.4, 0.5) is 5.13 Å². The van der Waals surface area contributed by atoms with Crippen LogP contribution in [0.5, 0.6) is 11.5 Å².